The van der Waals surface area contributed by atoms with Gasteiger partial charge in [-0.05, 0) is 18.2 Å². The lowest BCUT2D eigenvalue weighted by molar-refractivity contribution is 0.0640. The van der Waals surface area contributed by atoms with Crippen LogP contribution in [0.15, 0.2) is 30.3 Å². The van der Waals surface area contributed by atoms with Crippen molar-refractivity contribution >= 4 is 23.4 Å². The Bertz CT molecular complexity index is 821. The molecule has 5 nitrogen and oxygen atoms in total. The fourth-order valence-corrected chi connectivity index (χ4v) is 2.53. The molecule has 2 aromatic rings. The molecule has 2 amide bonds. The first kappa shape index (κ1) is 14.3. The Kier molecular flexibility index (Phi) is 3.26. The number of rotatable bonds is 2. The maximum atomic E-state index is 13.9. The Balaban J connectivity index is 2.01. The second-order valence-corrected chi connectivity index (χ2v) is 5.17. The molecule has 0 fully saturated rings. The first-order chi connectivity index (χ1) is 10.4. The van der Waals surface area contributed by atoms with E-state index >= 15 is 0 Å². The summed E-state index contributed by atoms with van der Waals surface area (Å²) in [7, 11) is 0. The lowest BCUT2D eigenvalue weighted by atomic mass is 10.1. The number of phenols is 2. The van der Waals surface area contributed by atoms with Crippen LogP contribution in [0.1, 0.15) is 26.3 Å². The first-order valence-corrected chi connectivity index (χ1v) is 6.63. The lowest BCUT2D eigenvalue weighted by Crippen LogP contribution is -2.29. The molecule has 3 rings (SSSR count). The van der Waals surface area contributed by atoms with Crippen molar-refractivity contribution in [2.45, 2.75) is 6.54 Å². The van der Waals surface area contributed by atoms with Crippen LogP contribution in [-0.4, -0.2) is 26.9 Å². The van der Waals surface area contributed by atoms with Crippen LogP contribution in [0.25, 0.3) is 0 Å². The SMILES string of the molecule is O=C1c2ccc(O)c(O)c2C(=O)N1Cc1cccc(Cl)c1F. The molecule has 0 unspecified atom stereocenters. The van der Waals surface area contributed by atoms with Gasteiger partial charge >= 0.3 is 0 Å². The van der Waals surface area contributed by atoms with E-state index in [0.717, 1.165) is 11.0 Å². The molecule has 0 saturated heterocycles. The molecule has 0 radical (unpaired) electrons. The third kappa shape index (κ3) is 2.00. The molecule has 2 N–H and O–H groups in total. The van der Waals surface area contributed by atoms with Crippen molar-refractivity contribution in [3.05, 3.63) is 57.9 Å². The summed E-state index contributed by atoms with van der Waals surface area (Å²) in [5, 5.41) is 19.1. The summed E-state index contributed by atoms with van der Waals surface area (Å²) < 4.78 is 13.9. The summed E-state index contributed by atoms with van der Waals surface area (Å²) in [6, 6.07) is 6.61. The van der Waals surface area contributed by atoms with Gasteiger partial charge in [-0.3, -0.25) is 14.5 Å². The molecule has 0 saturated carbocycles. The van der Waals surface area contributed by atoms with Crippen LogP contribution in [0.5, 0.6) is 11.5 Å². The summed E-state index contributed by atoms with van der Waals surface area (Å²) in [6.45, 7) is -0.320. The third-order valence-electron chi connectivity index (χ3n) is 3.45. The summed E-state index contributed by atoms with van der Waals surface area (Å²) in [5.41, 5.74) is -0.249. The highest BCUT2D eigenvalue weighted by molar-refractivity contribution is 6.30. The van der Waals surface area contributed by atoms with Gasteiger partial charge in [-0.2, -0.15) is 0 Å². The average Bonchev–Trinajstić information content (AvgIpc) is 2.72. The van der Waals surface area contributed by atoms with Crippen molar-refractivity contribution in [1.29, 1.82) is 0 Å². The van der Waals surface area contributed by atoms with Crippen molar-refractivity contribution in [3.63, 3.8) is 0 Å². The molecule has 0 spiro atoms. The van der Waals surface area contributed by atoms with Crippen LogP contribution >= 0.6 is 11.6 Å². The van der Waals surface area contributed by atoms with E-state index in [1.54, 1.807) is 0 Å². The fourth-order valence-electron chi connectivity index (χ4n) is 2.33. The minimum absolute atomic E-state index is 0.0391. The number of carbonyl (C=O) groups excluding carboxylic acids is 2. The zero-order valence-electron chi connectivity index (χ0n) is 11.0. The average molecular weight is 322 g/mol. The van der Waals surface area contributed by atoms with Crippen molar-refractivity contribution in [2.75, 3.05) is 0 Å². The van der Waals surface area contributed by atoms with Crippen molar-refractivity contribution in [2.24, 2.45) is 0 Å². The van der Waals surface area contributed by atoms with E-state index in [4.69, 9.17) is 11.6 Å². The molecule has 22 heavy (non-hydrogen) atoms. The molecule has 112 valence electrons. The number of hydrogen-bond acceptors (Lipinski definition) is 4. The molecule has 0 aliphatic carbocycles. The van der Waals surface area contributed by atoms with Gasteiger partial charge < -0.3 is 10.2 Å². The number of benzene rings is 2. The van der Waals surface area contributed by atoms with Crippen LogP contribution < -0.4 is 0 Å². The number of phenolic OH excluding ortho intramolecular Hbond substituents is 2. The fraction of sp³-hybridized carbons (Fsp3) is 0.0667. The van der Waals surface area contributed by atoms with E-state index in [9.17, 15) is 24.2 Å². The largest absolute Gasteiger partial charge is 0.504 e. The van der Waals surface area contributed by atoms with Gasteiger partial charge in [0, 0.05) is 5.56 Å². The molecule has 1 heterocycles. The zero-order chi connectivity index (χ0) is 16.0. The molecule has 0 atom stereocenters. The number of halogens is 2. The number of nitrogens with zero attached hydrogens (tertiary/aromatic N) is 1. The van der Waals surface area contributed by atoms with Crippen molar-refractivity contribution in [3.8, 4) is 11.5 Å². The molecule has 1 aliphatic rings. The first-order valence-electron chi connectivity index (χ1n) is 6.26. The highest BCUT2D eigenvalue weighted by Crippen LogP contribution is 2.37. The zero-order valence-corrected chi connectivity index (χ0v) is 11.8. The normalized spacial score (nSPS) is 13.6. The second kappa shape index (κ2) is 4.99. The molecular formula is C15H9ClFNO4. The highest BCUT2D eigenvalue weighted by atomic mass is 35.5. The van der Waals surface area contributed by atoms with Crippen LogP contribution in [0, 0.1) is 5.82 Å². The Labute approximate surface area is 129 Å². The Morgan fingerprint density at radius 3 is 2.55 bits per heavy atom. The van der Waals surface area contributed by atoms with Gasteiger partial charge in [0.25, 0.3) is 11.8 Å². The van der Waals surface area contributed by atoms with Crippen LogP contribution in [-0.2, 0) is 6.54 Å². The van der Waals surface area contributed by atoms with E-state index in [-0.39, 0.29) is 28.3 Å². The molecule has 7 heteroatoms. The van der Waals surface area contributed by atoms with Gasteiger partial charge in [0.2, 0.25) is 0 Å². The quantitative estimate of drug-likeness (QED) is 0.658. The number of fused-ring (bicyclic) bond motifs is 1. The predicted octanol–water partition coefficient (Wildman–Crippen LogP) is 2.69. The topological polar surface area (TPSA) is 77.8 Å². The molecular weight excluding hydrogens is 313 g/mol. The van der Waals surface area contributed by atoms with Gasteiger partial charge in [-0.15, -0.1) is 0 Å². The van der Waals surface area contributed by atoms with Crippen molar-refractivity contribution < 1.29 is 24.2 Å². The van der Waals surface area contributed by atoms with Crippen LogP contribution in [0.4, 0.5) is 4.39 Å². The van der Waals surface area contributed by atoms with E-state index in [2.05, 4.69) is 0 Å². The standard InChI is InChI=1S/C15H9ClFNO4/c16-9-3-1-2-7(12(9)17)6-18-14(21)8-4-5-10(19)13(20)11(8)15(18)22/h1-5,19-20H,6H2. The Morgan fingerprint density at radius 1 is 1.09 bits per heavy atom. The van der Waals surface area contributed by atoms with Gasteiger partial charge in [0.15, 0.2) is 11.5 Å². The highest BCUT2D eigenvalue weighted by Gasteiger charge is 2.39. The van der Waals surface area contributed by atoms with Crippen molar-refractivity contribution in [1.82, 2.24) is 4.90 Å². The van der Waals surface area contributed by atoms with Crippen LogP contribution in [0.2, 0.25) is 5.02 Å². The van der Waals surface area contributed by atoms with Gasteiger partial charge in [-0.25, -0.2) is 4.39 Å². The smallest absolute Gasteiger partial charge is 0.265 e. The summed E-state index contributed by atoms with van der Waals surface area (Å²) in [6.07, 6.45) is 0. The van der Waals surface area contributed by atoms with Gasteiger partial charge in [0.1, 0.15) is 5.82 Å². The predicted molar refractivity (Wildman–Crippen MR) is 75.4 cm³/mol. The molecule has 0 bridgehead atoms. The van der Waals surface area contributed by atoms with E-state index in [1.165, 1.54) is 24.3 Å². The van der Waals surface area contributed by atoms with E-state index in [0.29, 0.717) is 0 Å². The number of amides is 2. The maximum Gasteiger partial charge on any atom is 0.265 e. The van der Waals surface area contributed by atoms with E-state index < -0.39 is 29.1 Å². The molecule has 0 aromatic heterocycles. The summed E-state index contributed by atoms with van der Waals surface area (Å²) in [5.74, 6) is -3.35. The van der Waals surface area contributed by atoms with Gasteiger partial charge in [-0.1, -0.05) is 23.7 Å². The Hall–Kier alpha value is -2.60. The lowest BCUT2D eigenvalue weighted by Gasteiger charge is -2.14. The minimum Gasteiger partial charge on any atom is -0.504 e. The third-order valence-corrected chi connectivity index (χ3v) is 3.74. The number of imide groups is 1. The van der Waals surface area contributed by atoms with Gasteiger partial charge in [0.05, 0.1) is 22.7 Å². The number of hydrogen-bond donors (Lipinski definition) is 2. The summed E-state index contributed by atoms with van der Waals surface area (Å²) >= 11 is 5.67. The second-order valence-electron chi connectivity index (χ2n) is 4.77. The monoisotopic (exact) mass is 321 g/mol. The Morgan fingerprint density at radius 2 is 1.82 bits per heavy atom. The number of aromatic hydroxyl groups is 2. The molecule has 1 aliphatic heterocycles. The van der Waals surface area contributed by atoms with Crippen LogP contribution in [0.3, 0.4) is 0 Å². The number of carbonyl (C=O) groups is 2. The maximum absolute atomic E-state index is 13.9. The summed E-state index contributed by atoms with van der Waals surface area (Å²) in [4.78, 5) is 25.3. The minimum atomic E-state index is -0.798. The van der Waals surface area contributed by atoms with E-state index in [1.807, 2.05) is 0 Å². The molecule has 2 aromatic carbocycles.